The third-order valence-electron chi connectivity index (χ3n) is 1.88. The Morgan fingerprint density at radius 3 is 2.08 bits per heavy atom. The van der Waals surface area contributed by atoms with Gasteiger partial charge in [0, 0.05) is 5.33 Å². The standard InChI is InChI=1S/C8H17BrO2S/c1-7(2)12(10,11)5-4-8(3)6-9/h7-8H,4-6H2,1-3H3. The molecule has 0 amide bonds. The van der Waals surface area contributed by atoms with Crippen molar-refractivity contribution in [3.8, 4) is 0 Å². The lowest BCUT2D eigenvalue weighted by atomic mass is 10.2. The zero-order valence-electron chi connectivity index (χ0n) is 7.88. The Hall–Kier alpha value is 0.430. The van der Waals surface area contributed by atoms with Gasteiger partial charge in [0.1, 0.15) is 0 Å². The molecule has 0 rings (SSSR count). The smallest absolute Gasteiger partial charge is 0.152 e. The zero-order valence-corrected chi connectivity index (χ0v) is 10.3. The van der Waals surface area contributed by atoms with Crippen molar-refractivity contribution in [2.45, 2.75) is 32.4 Å². The molecule has 0 saturated heterocycles. The molecule has 2 nitrogen and oxygen atoms in total. The molecule has 0 radical (unpaired) electrons. The molecule has 0 aliphatic carbocycles. The van der Waals surface area contributed by atoms with Gasteiger partial charge in [-0.15, -0.1) is 0 Å². The van der Waals surface area contributed by atoms with Crippen LogP contribution in [0.2, 0.25) is 0 Å². The van der Waals surface area contributed by atoms with Gasteiger partial charge in [0.15, 0.2) is 9.84 Å². The minimum Gasteiger partial charge on any atom is -0.229 e. The Balaban J connectivity index is 3.94. The van der Waals surface area contributed by atoms with E-state index in [1.54, 1.807) is 13.8 Å². The van der Waals surface area contributed by atoms with Crippen LogP contribution in [0.15, 0.2) is 0 Å². The van der Waals surface area contributed by atoms with Crippen molar-refractivity contribution in [1.82, 2.24) is 0 Å². The van der Waals surface area contributed by atoms with E-state index >= 15 is 0 Å². The van der Waals surface area contributed by atoms with Crippen molar-refractivity contribution in [2.75, 3.05) is 11.1 Å². The first kappa shape index (κ1) is 12.4. The summed E-state index contributed by atoms with van der Waals surface area (Å²) < 4.78 is 22.7. The van der Waals surface area contributed by atoms with Crippen LogP contribution in [-0.4, -0.2) is 24.8 Å². The van der Waals surface area contributed by atoms with Gasteiger partial charge in [0.25, 0.3) is 0 Å². The zero-order chi connectivity index (χ0) is 9.78. The summed E-state index contributed by atoms with van der Waals surface area (Å²) in [6.07, 6.45) is 0.756. The Bertz CT molecular complexity index is 209. The Labute approximate surface area is 83.8 Å². The molecule has 74 valence electrons. The molecule has 0 saturated carbocycles. The van der Waals surface area contributed by atoms with Crippen molar-refractivity contribution >= 4 is 25.8 Å². The van der Waals surface area contributed by atoms with E-state index in [0.29, 0.717) is 11.7 Å². The first-order valence-electron chi connectivity index (χ1n) is 4.17. The average Bonchev–Trinajstić information content (AvgIpc) is 2.00. The number of rotatable bonds is 5. The predicted molar refractivity (Wildman–Crippen MR) is 56.5 cm³/mol. The molecule has 0 aromatic rings. The number of hydrogen-bond donors (Lipinski definition) is 0. The van der Waals surface area contributed by atoms with E-state index in [0.717, 1.165) is 11.8 Å². The Morgan fingerprint density at radius 2 is 1.75 bits per heavy atom. The van der Waals surface area contributed by atoms with Crippen molar-refractivity contribution in [3.63, 3.8) is 0 Å². The lowest BCUT2D eigenvalue weighted by Gasteiger charge is -2.10. The van der Waals surface area contributed by atoms with Crippen LogP contribution in [0, 0.1) is 5.92 Å². The van der Waals surface area contributed by atoms with E-state index in [1.807, 2.05) is 6.92 Å². The van der Waals surface area contributed by atoms with Crippen LogP contribution in [0.1, 0.15) is 27.2 Å². The van der Waals surface area contributed by atoms with Crippen LogP contribution in [0.3, 0.4) is 0 Å². The van der Waals surface area contributed by atoms with Crippen molar-refractivity contribution in [2.24, 2.45) is 5.92 Å². The van der Waals surface area contributed by atoms with Crippen LogP contribution in [-0.2, 0) is 9.84 Å². The van der Waals surface area contributed by atoms with Crippen LogP contribution in [0.4, 0.5) is 0 Å². The van der Waals surface area contributed by atoms with Crippen LogP contribution < -0.4 is 0 Å². The summed E-state index contributed by atoms with van der Waals surface area (Å²) in [5.41, 5.74) is 0. The highest BCUT2D eigenvalue weighted by atomic mass is 79.9. The van der Waals surface area contributed by atoms with E-state index in [2.05, 4.69) is 15.9 Å². The summed E-state index contributed by atoms with van der Waals surface area (Å²) in [4.78, 5) is 0. The third-order valence-corrected chi connectivity index (χ3v) is 5.22. The van der Waals surface area contributed by atoms with E-state index in [4.69, 9.17) is 0 Å². The molecule has 0 aliphatic heterocycles. The van der Waals surface area contributed by atoms with Gasteiger partial charge in [-0.1, -0.05) is 22.9 Å². The van der Waals surface area contributed by atoms with Crippen molar-refractivity contribution in [1.29, 1.82) is 0 Å². The van der Waals surface area contributed by atoms with Gasteiger partial charge >= 0.3 is 0 Å². The van der Waals surface area contributed by atoms with Crippen LogP contribution in [0.25, 0.3) is 0 Å². The number of halogens is 1. The Kier molecular flexibility index (Phi) is 5.41. The van der Waals surface area contributed by atoms with Gasteiger partial charge < -0.3 is 0 Å². The van der Waals surface area contributed by atoms with E-state index < -0.39 is 9.84 Å². The molecule has 1 atom stereocenters. The number of alkyl halides is 1. The Morgan fingerprint density at radius 1 is 1.25 bits per heavy atom. The topological polar surface area (TPSA) is 34.1 Å². The maximum atomic E-state index is 11.3. The van der Waals surface area contributed by atoms with E-state index in [9.17, 15) is 8.42 Å². The largest absolute Gasteiger partial charge is 0.229 e. The summed E-state index contributed by atoms with van der Waals surface area (Å²) in [7, 11) is -2.82. The molecule has 0 aromatic carbocycles. The minimum absolute atomic E-state index is 0.236. The van der Waals surface area contributed by atoms with Gasteiger partial charge in [-0.2, -0.15) is 0 Å². The maximum Gasteiger partial charge on any atom is 0.152 e. The SMILES string of the molecule is CC(CBr)CCS(=O)(=O)C(C)C. The van der Waals surface area contributed by atoms with Crippen molar-refractivity contribution < 1.29 is 8.42 Å². The third kappa shape index (κ3) is 4.45. The van der Waals surface area contributed by atoms with Gasteiger partial charge in [0.2, 0.25) is 0 Å². The molecule has 0 aliphatic rings. The number of hydrogen-bond acceptors (Lipinski definition) is 2. The molecule has 1 unspecified atom stereocenters. The normalized spacial score (nSPS) is 15.1. The summed E-state index contributed by atoms with van der Waals surface area (Å²) in [6.45, 7) is 5.51. The first-order chi connectivity index (χ1) is 5.40. The average molecular weight is 257 g/mol. The molecule has 0 spiro atoms. The minimum atomic E-state index is -2.82. The fourth-order valence-corrected chi connectivity index (χ4v) is 2.20. The monoisotopic (exact) mass is 256 g/mol. The van der Waals surface area contributed by atoms with Crippen LogP contribution >= 0.6 is 15.9 Å². The molecule has 0 aromatic heterocycles. The second kappa shape index (κ2) is 5.22. The first-order valence-corrected chi connectivity index (χ1v) is 7.01. The molecular weight excluding hydrogens is 240 g/mol. The molecule has 4 heteroatoms. The van der Waals surface area contributed by atoms with Gasteiger partial charge in [-0.25, -0.2) is 8.42 Å². The highest BCUT2D eigenvalue weighted by molar-refractivity contribution is 9.09. The van der Waals surface area contributed by atoms with Gasteiger partial charge in [-0.3, -0.25) is 0 Å². The highest BCUT2D eigenvalue weighted by Crippen LogP contribution is 2.10. The lowest BCUT2D eigenvalue weighted by molar-refractivity contribution is 0.570. The van der Waals surface area contributed by atoms with Crippen LogP contribution in [0.5, 0.6) is 0 Å². The molecule has 0 N–H and O–H groups in total. The second-order valence-electron chi connectivity index (χ2n) is 3.46. The molecule has 0 heterocycles. The fraction of sp³-hybridized carbons (Fsp3) is 1.00. The van der Waals surface area contributed by atoms with Gasteiger partial charge in [-0.05, 0) is 26.2 Å². The molecule has 0 fully saturated rings. The maximum absolute atomic E-state index is 11.3. The summed E-state index contributed by atoms with van der Waals surface area (Å²) in [5.74, 6) is 0.760. The van der Waals surface area contributed by atoms with Gasteiger partial charge in [0.05, 0.1) is 11.0 Å². The fourth-order valence-electron chi connectivity index (χ4n) is 0.678. The van der Waals surface area contributed by atoms with Crippen molar-refractivity contribution in [3.05, 3.63) is 0 Å². The summed E-state index contributed by atoms with van der Waals surface area (Å²) in [5, 5.41) is 0.640. The lowest BCUT2D eigenvalue weighted by Crippen LogP contribution is -2.19. The second-order valence-corrected chi connectivity index (χ2v) is 6.79. The summed E-state index contributed by atoms with van der Waals surface area (Å²) in [6, 6.07) is 0. The molecule has 12 heavy (non-hydrogen) atoms. The summed E-state index contributed by atoms with van der Waals surface area (Å²) >= 11 is 3.32. The quantitative estimate of drug-likeness (QED) is 0.708. The molecule has 0 bridgehead atoms. The molecular formula is C8H17BrO2S. The van der Waals surface area contributed by atoms with E-state index in [-0.39, 0.29) is 5.25 Å². The number of sulfone groups is 1. The highest BCUT2D eigenvalue weighted by Gasteiger charge is 2.16. The predicted octanol–water partition coefficient (Wildman–Crippen LogP) is 2.23. The van der Waals surface area contributed by atoms with E-state index in [1.165, 1.54) is 0 Å².